The third-order valence-electron chi connectivity index (χ3n) is 9.15. The van der Waals surface area contributed by atoms with E-state index in [0.29, 0.717) is 158 Å². The highest BCUT2D eigenvalue weighted by Crippen LogP contribution is 2.02. The van der Waals surface area contributed by atoms with Crippen LogP contribution >= 0.6 is 0 Å². The Kier molecular flexibility index (Phi) is 68.3. The molecule has 444 valence electrons. The predicted molar refractivity (Wildman–Crippen MR) is 285 cm³/mol. The molecule has 2 atom stereocenters. The summed E-state index contributed by atoms with van der Waals surface area (Å²) in [6, 6.07) is -1.21. The van der Waals surface area contributed by atoms with Crippen molar-refractivity contribution in [2.75, 3.05) is 179 Å². The van der Waals surface area contributed by atoms with Crippen LogP contribution in [0, 0.1) is 0 Å². The van der Waals surface area contributed by atoms with Gasteiger partial charge in [0.05, 0.1) is 132 Å². The number of carbonyl (C=O) groups excluding carboxylic acids is 7. The molecule has 0 aromatic carbocycles. The lowest BCUT2D eigenvalue weighted by molar-refractivity contribution is -0.127. The SMILES string of the molecule is CC.CC.CNCCCCC(C=O)NC(=O)CCOCCOCCOCCOCCOCCOCCOCCOCCNC(C)=O.CNCCOCCOCC(=O)NCCCCC(NC(=O)CCNC(C)=O)C(N)=O. The van der Waals surface area contributed by atoms with Gasteiger partial charge < -0.3 is 95.1 Å². The fraction of sp³-hybridized carbons (Fsp3) is 0.860. The first-order valence-corrected chi connectivity index (χ1v) is 26.6. The Hall–Kier alpha value is -3.99. The lowest BCUT2D eigenvalue weighted by atomic mass is 10.1. The van der Waals surface area contributed by atoms with Gasteiger partial charge in [0, 0.05) is 52.9 Å². The number of unbranched alkanes of at least 4 members (excludes halogenated alkanes) is 2. The molecule has 0 aromatic rings. The van der Waals surface area contributed by atoms with Crippen molar-refractivity contribution in [3.8, 4) is 0 Å². The molecule has 0 saturated carbocycles. The van der Waals surface area contributed by atoms with Crippen molar-refractivity contribution < 1.29 is 80.9 Å². The summed E-state index contributed by atoms with van der Waals surface area (Å²) in [5.74, 6) is -1.68. The fourth-order valence-electron chi connectivity index (χ4n) is 5.44. The molecule has 25 heteroatoms. The van der Waals surface area contributed by atoms with E-state index >= 15 is 0 Å². The number of rotatable bonds is 52. The molecule has 0 aromatic heterocycles. The van der Waals surface area contributed by atoms with E-state index in [-0.39, 0.29) is 62.1 Å². The number of ether oxygens (including phenoxy) is 10. The number of nitrogens with two attached hydrogens (primary N) is 1. The maximum atomic E-state index is 11.9. The van der Waals surface area contributed by atoms with Gasteiger partial charge in [0.15, 0.2) is 0 Å². The smallest absolute Gasteiger partial charge is 0.245 e. The summed E-state index contributed by atoms with van der Waals surface area (Å²) >= 11 is 0. The molecule has 0 radical (unpaired) electrons. The van der Waals surface area contributed by atoms with Gasteiger partial charge in [-0.05, 0) is 59.2 Å². The molecule has 6 amide bonds. The van der Waals surface area contributed by atoms with E-state index in [0.717, 1.165) is 32.2 Å². The molecule has 0 aliphatic carbocycles. The summed E-state index contributed by atoms with van der Waals surface area (Å²) in [5.41, 5.74) is 5.31. The molecule has 0 aliphatic rings. The summed E-state index contributed by atoms with van der Waals surface area (Å²) in [7, 11) is 3.72. The second-order valence-corrected chi connectivity index (χ2v) is 15.4. The zero-order chi connectivity index (χ0) is 56.7. The number of carbonyl (C=O) groups is 7. The number of nitrogens with one attached hydrogen (secondary N) is 7. The van der Waals surface area contributed by atoms with Gasteiger partial charge in [-0.3, -0.25) is 28.8 Å². The molecule has 0 fully saturated rings. The van der Waals surface area contributed by atoms with Crippen molar-refractivity contribution in [3.63, 3.8) is 0 Å². The van der Waals surface area contributed by atoms with Crippen molar-refractivity contribution in [2.45, 2.75) is 105 Å². The Labute approximate surface area is 448 Å². The molecular weight excluding hydrogens is 985 g/mol. The highest BCUT2D eigenvalue weighted by Gasteiger charge is 2.17. The van der Waals surface area contributed by atoms with Crippen molar-refractivity contribution in [2.24, 2.45) is 5.73 Å². The van der Waals surface area contributed by atoms with E-state index in [4.69, 9.17) is 53.1 Å². The summed E-state index contributed by atoms with van der Waals surface area (Å²) in [6.45, 7) is 22.2. The summed E-state index contributed by atoms with van der Waals surface area (Å²) in [6.07, 6.45) is 5.15. The monoisotopic (exact) mass is 1090 g/mol. The highest BCUT2D eigenvalue weighted by atomic mass is 16.6. The van der Waals surface area contributed by atoms with Crippen LogP contribution in [0.2, 0.25) is 0 Å². The quantitative estimate of drug-likeness (QED) is 0.0289. The summed E-state index contributed by atoms with van der Waals surface area (Å²) in [4.78, 5) is 79.3. The molecule has 2 unspecified atom stereocenters. The predicted octanol–water partition coefficient (Wildman–Crippen LogP) is -0.207. The Morgan fingerprint density at radius 2 is 0.800 bits per heavy atom. The Bertz CT molecular complexity index is 1310. The third kappa shape index (κ3) is 68.0. The summed E-state index contributed by atoms with van der Waals surface area (Å²) < 4.78 is 53.7. The van der Waals surface area contributed by atoms with Crippen LogP contribution in [0.15, 0.2) is 0 Å². The van der Waals surface area contributed by atoms with Crippen LogP contribution in [-0.4, -0.2) is 233 Å². The zero-order valence-electron chi connectivity index (χ0n) is 47.1. The molecule has 25 nitrogen and oxygen atoms in total. The van der Waals surface area contributed by atoms with Crippen LogP contribution in [0.1, 0.15) is 92.9 Å². The van der Waals surface area contributed by atoms with E-state index in [1.807, 2.05) is 41.8 Å². The van der Waals surface area contributed by atoms with Gasteiger partial charge >= 0.3 is 0 Å². The summed E-state index contributed by atoms with van der Waals surface area (Å²) in [5, 5.41) is 19.2. The minimum absolute atomic E-state index is 0.0380. The standard InChI is InChI=1S/C28H55N3O11.C18H35N5O6.2C2H6/c1-26(33)30-8-10-36-12-14-38-16-18-40-20-22-42-24-23-41-21-19-39-17-15-37-13-11-35-9-6-28(34)31-27(25-32)5-3-4-7-29-2;1-14(24)21-8-6-16(25)23-15(18(19)27)5-3-4-7-22-17(26)13-29-12-11-28-10-9-20-2;2*1-2/h25,27,29H,3-24H2,1-2H3,(H,30,33)(H,31,34);15,20H,3-13H2,1-2H3,(H2,19,27)(H,21,24)(H,22,26)(H,23,25);2*1-2H3. The molecule has 0 bridgehead atoms. The van der Waals surface area contributed by atoms with Crippen LogP contribution < -0.4 is 43.0 Å². The van der Waals surface area contributed by atoms with Gasteiger partial charge in [-0.25, -0.2) is 0 Å². The number of aldehydes is 1. The number of likely N-dealkylation sites (N-methyl/N-ethyl adjacent to an activating group) is 1. The molecular formula is C50H102N8O17. The average molecular weight is 1090 g/mol. The molecule has 0 saturated heterocycles. The average Bonchev–Trinajstić information content (AvgIpc) is 3.39. The van der Waals surface area contributed by atoms with E-state index < -0.39 is 18.0 Å². The molecule has 9 N–H and O–H groups in total. The van der Waals surface area contributed by atoms with E-state index in [1.165, 1.54) is 13.8 Å². The zero-order valence-corrected chi connectivity index (χ0v) is 47.1. The van der Waals surface area contributed by atoms with Gasteiger partial charge in [0.2, 0.25) is 35.4 Å². The second-order valence-electron chi connectivity index (χ2n) is 15.4. The van der Waals surface area contributed by atoms with E-state index in [9.17, 15) is 33.6 Å². The van der Waals surface area contributed by atoms with E-state index in [1.54, 1.807) is 0 Å². The van der Waals surface area contributed by atoms with Crippen LogP contribution in [0.3, 0.4) is 0 Å². The van der Waals surface area contributed by atoms with Crippen molar-refractivity contribution in [3.05, 3.63) is 0 Å². The topological polar surface area (TPSA) is 322 Å². The second kappa shape index (κ2) is 66.1. The minimum Gasteiger partial charge on any atom is -0.379 e. The van der Waals surface area contributed by atoms with Gasteiger partial charge in [0.25, 0.3) is 0 Å². The maximum Gasteiger partial charge on any atom is 0.245 e. The number of hydrogen-bond donors (Lipinski definition) is 8. The van der Waals surface area contributed by atoms with Gasteiger partial charge in [-0.1, -0.05) is 27.7 Å². The first kappa shape index (κ1) is 77.5. The van der Waals surface area contributed by atoms with Gasteiger partial charge in [-0.15, -0.1) is 0 Å². The highest BCUT2D eigenvalue weighted by molar-refractivity contribution is 5.86. The van der Waals surface area contributed by atoms with E-state index in [2.05, 4.69) is 37.2 Å². The van der Waals surface area contributed by atoms with Crippen molar-refractivity contribution in [1.82, 2.24) is 37.2 Å². The van der Waals surface area contributed by atoms with Crippen LogP contribution in [0.4, 0.5) is 0 Å². The van der Waals surface area contributed by atoms with Crippen LogP contribution in [0.25, 0.3) is 0 Å². The molecule has 0 spiro atoms. The van der Waals surface area contributed by atoms with Gasteiger partial charge in [-0.2, -0.15) is 0 Å². The first-order valence-electron chi connectivity index (χ1n) is 26.6. The molecule has 0 aliphatic heterocycles. The van der Waals surface area contributed by atoms with Crippen molar-refractivity contribution >= 4 is 41.7 Å². The number of amides is 6. The normalized spacial score (nSPS) is 11.3. The Morgan fingerprint density at radius 1 is 0.413 bits per heavy atom. The molecule has 0 heterocycles. The third-order valence-corrected chi connectivity index (χ3v) is 9.15. The lowest BCUT2D eigenvalue weighted by Crippen LogP contribution is -2.45. The fourth-order valence-corrected chi connectivity index (χ4v) is 5.44. The molecule has 0 rings (SSSR count). The number of hydrogen-bond acceptors (Lipinski definition) is 19. The maximum absolute atomic E-state index is 11.9. The van der Waals surface area contributed by atoms with Gasteiger partial charge in [0.1, 0.15) is 18.9 Å². The largest absolute Gasteiger partial charge is 0.379 e. The van der Waals surface area contributed by atoms with Crippen LogP contribution in [-0.2, 0) is 80.9 Å². The minimum atomic E-state index is -0.776. The number of primary amides is 1. The first-order chi connectivity index (χ1) is 36.5. The lowest BCUT2D eigenvalue weighted by Gasteiger charge is -2.15. The molecule has 75 heavy (non-hydrogen) atoms. The van der Waals surface area contributed by atoms with Crippen molar-refractivity contribution in [1.29, 1.82) is 0 Å². The Balaban J connectivity index is -0.000000667. The van der Waals surface area contributed by atoms with Crippen LogP contribution in [0.5, 0.6) is 0 Å². The Morgan fingerprint density at radius 3 is 1.24 bits per heavy atom.